The number of thiazole rings is 1. The highest BCUT2D eigenvalue weighted by atomic mass is 32.2. The van der Waals surface area contributed by atoms with E-state index in [-0.39, 0.29) is 22.4 Å². The molecule has 0 spiro atoms. The number of nitro groups is 1. The van der Waals surface area contributed by atoms with Gasteiger partial charge in [-0.15, -0.1) is 23.1 Å². The van der Waals surface area contributed by atoms with Gasteiger partial charge in [-0.25, -0.2) is 4.98 Å². The predicted molar refractivity (Wildman–Crippen MR) is 140 cm³/mol. The molecule has 2 aromatic carbocycles. The number of fused-ring (bicyclic) bond motifs is 1. The predicted octanol–water partition coefficient (Wildman–Crippen LogP) is 6.54. The highest BCUT2D eigenvalue weighted by Crippen LogP contribution is 2.53. The third kappa shape index (κ3) is 4.06. The molecule has 1 aromatic heterocycles. The number of rotatable bonds is 5. The molecule has 35 heavy (non-hydrogen) atoms. The van der Waals surface area contributed by atoms with Crippen molar-refractivity contribution >= 4 is 39.8 Å². The molecule has 1 saturated carbocycles. The minimum absolute atomic E-state index is 0.0340. The lowest BCUT2D eigenvalue weighted by molar-refractivity contribution is -0.384. The van der Waals surface area contributed by atoms with Gasteiger partial charge in [-0.1, -0.05) is 25.1 Å². The molecule has 3 aromatic rings. The Morgan fingerprint density at radius 1 is 1.09 bits per heavy atom. The quantitative estimate of drug-likeness (QED) is 0.290. The van der Waals surface area contributed by atoms with Crippen LogP contribution in [0.4, 0.5) is 10.8 Å². The van der Waals surface area contributed by atoms with Crippen LogP contribution in [-0.2, 0) is 23.1 Å². The van der Waals surface area contributed by atoms with Crippen molar-refractivity contribution in [1.29, 1.82) is 0 Å². The molecule has 6 nitrogen and oxygen atoms in total. The Bertz CT molecular complexity index is 1300. The van der Waals surface area contributed by atoms with Crippen LogP contribution in [0, 0.1) is 10.1 Å². The lowest BCUT2D eigenvalue weighted by atomic mass is 9.59. The number of nitro benzene ring substituents is 1. The van der Waals surface area contributed by atoms with Gasteiger partial charge in [0.25, 0.3) is 5.69 Å². The zero-order chi connectivity index (χ0) is 24.2. The van der Waals surface area contributed by atoms with E-state index < -0.39 is 4.92 Å². The van der Waals surface area contributed by atoms with Crippen molar-refractivity contribution < 1.29 is 9.72 Å². The molecule has 0 bridgehead atoms. The van der Waals surface area contributed by atoms with Gasteiger partial charge in [0.1, 0.15) is 5.37 Å². The molecule has 2 fully saturated rings. The summed E-state index contributed by atoms with van der Waals surface area (Å²) in [5, 5.41) is 13.6. The minimum Gasteiger partial charge on any atom is -0.273 e. The first-order chi connectivity index (χ1) is 16.9. The van der Waals surface area contributed by atoms with Crippen molar-refractivity contribution in [1.82, 2.24) is 4.98 Å². The zero-order valence-corrected chi connectivity index (χ0v) is 21.2. The zero-order valence-electron chi connectivity index (χ0n) is 19.6. The van der Waals surface area contributed by atoms with Crippen LogP contribution in [0.5, 0.6) is 0 Å². The fourth-order valence-corrected chi connectivity index (χ4v) is 7.97. The van der Waals surface area contributed by atoms with Crippen LogP contribution in [0.2, 0.25) is 0 Å². The molecule has 6 rings (SSSR count). The van der Waals surface area contributed by atoms with Crippen molar-refractivity contribution in [2.24, 2.45) is 0 Å². The Kier molecular flexibility index (Phi) is 5.68. The molecule has 3 aliphatic rings. The van der Waals surface area contributed by atoms with Crippen LogP contribution in [0.1, 0.15) is 71.8 Å². The molecule has 1 aliphatic heterocycles. The number of hydrogen-bond donors (Lipinski definition) is 0. The lowest BCUT2D eigenvalue weighted by Crippen LogP contribution is -2.37. The highest BCUT2D eigenvalue weighted by molar-refractivity contribution is 8.00. The SMILES string of the molecule is CC1(c2ccc3c(c2)CCCC3)CC(c2csc(N3C(=O)CSC3c3ccc([N+](=O)[O-])cc3)n2)C1. The fourth-order valence-electron chi connectivity index (χ4n) is 5.79. The van der Waals surface area contributed by atoms with Gasteiger partial charge in [0.2, 0.25) is 5.91 Å². The van der Waals surface area contributed by atoms with E-state index in [0.717, 1.165) is 29.2 Å². The third-order valence-corrected chi connectivity index (χ3v) is 9.90. The number of aromatic nitrogens is 1. The summed E-state index contributed by atoms with van der Waals surface area (Å²) in [6.45, 7) is 2.37. The van der Waals surface area contributed by atoms with Gasteiger partial charge in [0.15, 0.2) is 5.13 Å². The summed E-state index contributed by atoms with van der Waals surface area (Å²) in [4.78, 5) is 30.0. The largest absolute Gasteiger partial charge is 0.273 e. The smallest absolute Gasteiger partial charge is 0.269 e. The first-order valence-electron chi connectivity index (χ1n) is 12.2. The van der Waals surface area contributed by atoms with E-state index in [1.54, 1.807) is 17.0 Å². The number of carbonyl (C=O) groups excluding carboxylic acids is 1. The standard InChI is InChI=1S/C27H27N3O3S2/c1-27(21-9-6-17-4-2-3-5-19(17)12-21)13-20(14-27)23-15-35-26(28-23)29-24(31)16-34-25(29)18-7-10-22(11-8-18)30(32)33/h6-12,15,20,25H,2-5,13-14,16H2,1H3. The molecule has 0 radical (unpaired) electrons. The van der Waals surface area contributed by atoms with Gasteiger partial charge >= 0.3 is 0 Å². The van der Waals surface area contributed by atoms with E-state index in [1.807, 2.05) is 0 Å². The van der Waals surface area contributed by atoms with Crippen molar-refractivity contribution in [3.8, 4) is 0 Å². The minimum atomic E-state index is -0.405. The highest BCUT2D eigenvalue weighted by Gasteiger charge is 2.44. The Hall–Kier alpha value is -2.71. The first-order valence-corrected chi connectivity index (χ1v) is 14.1. The average Bonchev–Trinajstić information content (AvgIpc) is 3.48. The molecule has 1 saturated heterocycles. The van der Waals surface area contributed by atoms with E-state index >= 15 is 0 Å². The molecule has 8 heteroatoms. The molecule has 1 unspecified atom stereocenters. The van der Waals surface area contributed by atoms with Gasteiger partial charge in [0, 0.05) is 23.4 Å². The number of carbonyl (C=O) groups is 1. The maximum Gasteiger partial charge on any atom is 0.269 e. The van der Waals surface area contributed by atoms with Crippen LogP contribution in [-0.4, -0.2) is 21.6 Å². The van der Waals surface area contributed by atoms with Crippen LogP contribution >= 0.6 is 23.1 Å². The fraction of sp³-hybridized carbons (Fsp3) is 0.407. The Morgan fingerprint density at radius 2 is 1.83 bits per heavy atom. The van der Waals surface area contributed by atoms with Gasteiger partial charge in [-0.3, -0.25) is 19.8 Å². The number of aryl methyl sites for hydroxylation is 2. The summed E-state index contributed by atoms with van der Waals surface area (Å²) in [6, 6.07) is 13.6. The number of nitrogens with zero attached hydrogens (tertiary/aromatic N) is 3. The van der Waals surface area contributed by atoms with Crippen molar-refractivity contribution in [3.05, 3.63) is 85.9 Å². The first kappa shape index (κ1) is 22.7. The van der Waals surface area contributed by atoms with E-state index in [1.165, 1.54) is 77.6 Å². The lowest BCUT2D eigenvalue weighted by Gasteiger charge is -2.45. The summed E-state index contributed by atoms with van der Waals surface area (Å²) in [6.07, 6.45) is 7.17. The Balaban J connectivity index is 1.18. The van der Waals surface area contributed by atoms with Crippen LogP contribution < -0.4 is 4.90 Å². The maximum atomic E-state index is 12.8. The monoisotopic (exact) mass is 505 g/mol. The third-order valence-electron chi connectivity index (χ3n) is 7.83. The molecule has 1 atom stereocenters. The molecule has 180 valence electrons. The summed E-state index contributed by atoms with van der Waals surface area (Å²) < 4.78 is 0. The maximum absolute atomic E-state index is 12.8. The second-order valence-electron chi connectivity index (χ2n) is 10.2. The number of benzene rings is 2. The normalized spacial score (nSPS) is 25.9. The van der Waals surface area contributed by atoms with Crippen molar-refractivity contribution in [3.63, 3.8) is 0 Å². The average molecular weight is 506 g/mol. The molecular weight excluding hydrogens is 478 g/mol. The van der Waals surface area contributed by atoms with Crippen molar-refractivity contribution in [2.45, 2.75) is 62.2 Å². The Labute approximate surface area is 212 Å². The Morgan fingerprint density at radius 3 is 2.57 bits per heavy atom. The van der Waals surface area contributed by atoms with Crippen LogP contribution in [0.3, 0.4) is 0 Å². The van der Waals surface area contributed by atoms with Gasteiger partial charge in [-0.05, 0) is 78.3 Å². The molecule has 1 amide bonds. The van der Waals surface area contributed by atoms with E-state index in [0.29, 0.717) is 11.7 Å². The number of thioether (sulfide) groups is 1. The van der Waals surface area contributed by atoms with Gasteiger partial charge in [-0.2, -0.15) is 0 Å². The number of anilines is 1. The number of amides is 1. The second-order valence-corrected chi connectivity index (χ2v) is 12.1. The number of hydrogen-bond acceptors (Lipinski definition) is 6. The van der Waals surface area contributed by atoms with Crippen LogP contribution in [0.15, 0.2) is 47.8 Å². The van der Waals surface area contributed by atoms with E-state index in [9.17, 15) is 14.9 Å². The second kappa shape index (κ2) is 8.75. The van der Waals surface area contributed by atoms with E-state index in [4.69, 9.17) is 4.98 Å². The van der Waals surface area contributed by atoms with E-state index in [2.05, 4.69) is 30.5 Å². The van der Waals surface area contributed by atoms with Crippen LogP contribution in [0.25, 0.3) is 0 Å². The molecular formula is C27H27N3O3S2. The number of non-ortho nitro benzene ring substituents is 1. The summed E-state index contributed by atoms with van der Waals surface area (Å²) in [5.74, 6) is 0.826. The summed E-state index contributed by atoms with van der Waals surface area (Å²) in [7, 11) is 0. The summed E-state index contributed by atoms with van der Waals surface area (Å²) in [5.41, 5.74) is 6.71. The molecule has 2 aliphatic carbocycles. The topological polar surface area (TPSA) is 76.3 Å². The van der Waals surface area contributed by atoms with Crippen molar-refractivity contribution in [2.75, 3.05) is 10.7 Å². The molecule has 2 heterocycles. The summed E-state index contributed by atoms with van der Waals surface area (Å²) >= 11 is 3.06. The molecule has 0 N–H and O–H groups in total. The van der Waals surface area contributed by atoms with Gasteiger partial charge < -0.3 is 0 Å². The van der Waals surface area contributed by atoms with Gasteiger partial charge in [0.05, 0.1) is 16.4 Å².